The van der Waals surface area contributed by atoms with E-state index in [1.807, 2.05) is 24.4 Å². The summed E-state index contributed by atoms with van der Waals surface area (Å²) in [6.07, 6.45) is 1.70. The third-order valence-corrected chi connectivity index (χ3v) is 6.97. The summed E-state index contributed by atoms with van der Waals surface area (Å²) in [6, 6.07) is 8.24. The Morgan fingerprint density at radius 2 is 2.03 bits per heavy atom. The number of benzene rings is 1. The van der Waals surface area contributed by atoms with Gasteiger partial charge in [0.2, 0.25) is 0 Å². The van der Waals surface area contributed by atoms with Crippen LogP contribution in [-0.4, -0.2) is 30.2 Å². The maximum Gasteiger partial charge on any atom is 0.338 e. The number of carbonyl (C=O) groups excluding carboxylic acids is 2. The van der Waals surface area contributed by atoms with E-state index in [1.165, 1.54) is 41.3 Å². The number of carbonyl (C=O) groups is 2. The molecule has 0 spiro atoms. The van der Waals surface area contributed by atoms with Gasteiger partial charge < -0.3 is 14.2 Å². The van der Waals surface area contributed by atoms with Crippen molar-refractivity contribution in [1.82, 2.24) is 4.57 Å². The summed E-state index contributed by atoms with van der Waals surface area (Å²) >= 11 is 2.68. The Balaban J connectivity index is 1.88. The van der Waals surface area contributed by atoms with Gasteiger partial charge in [-0.2, -0.15) is 0 Å². The van der Waals surface area contributed by atoms with Crippen LogP contribution in [0.25, 0.3) is 6.08 Å². The normalized spacial score (nSPS) is 15.5. The molecule has 0 amide bonds. The highest BCUT2D eigenvalue weighted by Gasteiger charge is 2.33. The van der Waals surface area contributed by atoms with Crippen LogP contribution < -0.4 is 24.4 Å². The number of thiophene rings is 1. The van der Waals surface area contributed by atoms with Gasteiger partial charge >= 0.3 is 11.9 Å². The molecule has 34 heavy (non-hydrogen) atoms. The largest absolute Gasteiger partial charge is 0.490 e. The third-order valence-electron chi connectivity index (χ3n) is 5.06. The fourth-order valence-electron chi connectivity index (χ4n) is 3.68. The summed E-state index contributed by atoms with van der Waals surface area (Å²) in [4.78, 5) is 43.5. The minimum absolute atomic E-state index is 0.274. The number of aromatic nitrogens is 1. The van der Waals surface area contributed by atoms with Gasteiger partial charge in [-0.05, 0) is 49.1 Å². The molecule has 0 aliphatic carbocycles. The van der Waals surface area contributed by atoms with E-state index in [4.69, 9.17) is 14.2 Å². The molecule has 1 aliphatic rings. The van der Waals surface area contributed by atoms with E-state index < -0.39 is 18.0 Å². The van der Waals surface area contributed by atoms with Crippen molar-refractivity contribution in [3.63, 3.8) is 0 Å². The number of esters is 2. The first-order chi connectivity index (χ1) is 16.3. The van der Waals surface area contributed by atoms with Crippen LogP contribution in [0, 0.1) is 0 Å². The summed E-state index contributed by atoms with van der Waals surface area (Å²) in [5.74, 6) is -0.283. The predicted octanol–water partition coefficient (Wildman–Crippen LogP) is 2.79. The van der Waals surface area contributed by atoms with Crippen LogP contribution in [0.5, 0.6) is 11.5 Å². The smallest absolute Gasteiger partial charge is 0.338 e. The van der Waals surface area contributed by atoms with Crippen LogP contribution in [0.1, 0.15) is 37.3 Å². The lowest BCUT2D eigenvalue weighted by Gasteiger charge is -2.22. The van der Waals surface area contributed by atoms with Crippen LogP contribution in [0.15, 0.2) is 56.8 Å². The fraction of sp³-hybridized carbons (Fsp3) is 0.250. The quantitative estimate of drug-likeness (QED) is 0.383. The molecule has 0 N–H and O–H groups in total. The first-order valence-corrected chi connectivity index (χ1v) is 12.1. The Hall–Kier alpha value is -3.50. The van der Waals surface area contributed by atoms with Gasteiger partial charge in [0.15, 0.2) is 16.3 Å². The number of fused-ring (bicyclic) bond motifs is 1. The van der Waals surface area contributed by atoms with Crippen LogP contribution in [0.2, 0.25) is 0 Å². The molecule has 3 aromatic rings. The Bertz CT molecular complexity index is 1460. The molecule has 0 bridgehead atoms. The zero-order valence-electron chi connectivity index (χ0n) is 19.0. The molecular formula is C24H22N2O6S2. The monoisotopic (exact) mass is 498 g/mol. The second-order valence-corrected chi connectivity index (χ2v) is 9.31. The van der Waals surface area contributed by atoms with E-state index in [-0.39, 0.29) is 11.3 Å². The summed E-state index contributed by atoms with van der Waals surface area (Å²) in [6.45, 7) is 5.30. The van der Waals surface area contributed by atoms with Gasteiger partial charge in [-0.25, -0.2) is 9.79 Å². The number of hydrogen-bond donors (Lipinski definition) is 0. The van der Waals surface area contributed by atoms with Gasteiger partial charge in [-0.15, -0.1) is 11.3 Å². The lowest BCUT2D eigenvalue weighted by Crippen LogP contribution is -2.39. The molecule has 2 aromatic heterocycles. The Morgan fingerprint density at radius 3 is 2.68 bits per heavy atom. The van der Waals surface area contributed by atoms with Crippen molar-refractivity contribution in [3.8, 4) is 11.5 Å². The maximum absolute atomic E-state index is 13.5. The van der Waals surface area contributed by atoms with Crippen LogP contribution in [0.4, 0.5) is 0 Å². The molecule has 1 aliphatic heterocycles. The second kappa shape index (κ2) is 9.78. The minimum atomic E-state index is -0.622. The lowest BCUT2D eigenvalue weighted by atomic mass is 10.0. The Labute approximate surface area is 203 Å². The van der Waals surface area contributed by atoms with Gasteiger partial charge in [0.1, 0.15) is 6.04 Å². The van der Waals surface area contributed by atoms with E-state index in [9.17, 15) is 14.4 Å². The van der Waals surface area contributed by atoms with Crippen LogP contribution in [-0.2, 0) is 14.3 Å². The lowest BCUT2D eigenvalue weighted by molar-refractivity contribution is -0.136. The zero-order chi connectivity index (χ0) is 24.4. The molecule has 4 rings (SSSR count). The van der Waals surface area contributed by atoms with Crippen molar-refractivity contribution in [2.75, 3.05) is 13.7 Å². The second-order valence-electron chi connectivity index (χ2n) is 7.32. The standard InChI is InChI=1S/C24H22N2O6S2/c1-5-31-16-9-8-15(11-17(16)32-14(3)27)12-19-22(28)26-21(18-7-6-10-33-18)20(23(29)30-4)13(2)25-24(26)34-19/h6-12,21H,5H2,1-4H3/b19-12+. The predicted molar refractivity (Wildman–Crippen MR) is 129 cm³/mol. The Morgan fingerprint density at radius 1 is 1.24 bits per heavy atom. The first kappa shape index (κ1) is 23.7. The van der Waals surface area contributed by atoms with Gasteiger partial charge in [-0.3, -0.25) is 14.2 Å². The van der Waals surface area contributed by atoms with Gasteiger partial charge in [0, 0.05) is 11.8 Å². The summed E-state index contributed by atoms with van der Waals surface area (Å²) < 4.78 is 17.8. The average Bonchev–Trinajstić information content (AvgIpc) is 3.43. The van der Waals surface area contributed by atoms with Gasteiger partial charge in [0.25, 0.3) is 5.56 Å². The number of thiazole rings is 1. The highest BCUT2D eigenvalue weighted by Crippen LogP contribution is 2.33. The molecule has 1 aromatic carbocycles. The van der Waals surface area contributed by atoms with Crippen LogP contribution >= 0.6 is 22.7 Å². The van der Waals surface area contributed by atoms with Gasteiger partial charge in [-0.1, -0.05) is 23.5 Å². The fourth-order valence-corrected chi connectivity index (χ4v) is 5.55. The molecule has 176 valence electrons. The van der Waals surface area contributed by atoms with Crippen molar-refractivity contribution in [2.24, 2.45) is 4.99 Å². The molecule has 1 unspecified atom stereocenters. The molecule has 0 saturated heterocycles. The van der Waals surface area contributed by atoms with Crippen molar-refractivity contribution >= 4 is 40.7 Å². The molecule has 0 radical (unpaired) electrons. The molecule has 10 heteroatoms. The molecule has 1 atom stereocenters. The van der Waals surface area contributed by atoms with E-state index in [0.29, 0.717) is 38.5 Å². The highest BCUT2D eigenvalue weighted by molar-refractivity contribution is 7.10. The number of allylic oxidation sites excluding steroid dienone is 1. The number of rotatable bonds is 6. The van der Waals surface area contributed by atoms with E-state index in [1.54, 1.807) is 31.2 Å². The molecule has 0 fully saturated rings. The number of nitrogens with zero attached hydrogens (tertiary/aromatic N) is 2. The SMILES string of the molecule is CCOc1ccc(/C=c2/sc3n(c2=O)C(c2cccs2)C(C(=O)OC)=C(C)N=3)cc1OC(C)=O. The molecule has 3 heterocycles. The molecule has 8 nitrogen and oxygen atoms in total. The van der Waals surface area contributed by atoms with Crippen molar-refractivity contribution < 1.29 is 23.8 Å². The number of methoxy groups -OCH3 is 1. The summed E-state index contributed by atoms with van der Waals surface area (Å²) in [7, 11) is 1.31. The summed E-state index contributed by atoms with van der Waals surface area (Å²) in [5.41, 5.74) is 1.22. The van der Waals surface area contributed by atoms with Crippen molar-refractivity contribution in [1.29, 1.82) is 0 Å². The topological polar surface area (TPSA) is 96.2 Å². The van der Waals surface area contributed by atoms with E-state index in [0.717, 1.165) is 4.88 Å². The van der Waals surface area contributed by atoms with Crippen LogP contribution in [0.3, 0.4) is 0 Å². The highest BCUT2D eigenvalue weighted by atomic mass is 32.1. The minimum Gasteiger partial charge on any atom is -0.490 e. The van der Waals surface area contributed by atoms with E-state index >= 15 is 0 Å². The summed E-state index contributed by atoms with van der Waals surface area (Å²) in [5, 5.41) is 1.89. The third kappa shape index (κ3) is 4.46. The van der Waals surface area contributed by atoms with Crippen molar-refractivity contribution in [2.45, 2.75) is 26.8 Å². The average molecular weight is 499 g/mol. The maximum atomic E-state index is 13.5. The van der Waals surface area contributed by atoms with Crippen molar-refractivity contribution in [3.05, 3.63) is 77.1 Å². The van der Waals surface area contributed by atoms with Gasteiger partial charge in [0.05, 0.1) is 29.5 Å². The zero-order valence-corrected chi connectivity index (χ0v) is 20.6. The number of ether oxygens (including phenoxy) is 3. The molecule has 0 saturated carbocycles. The Kier molecular flexibility index (Phi) is 6.80. The molecular weight excluding hydrogens is 476 g/mol. The number of hydrogen-bond acceptors (Lipinski definition) is 9. The first-order valence-electron chi connectivity index (χ1n) is 10.4. The van der Waals surface area contributed by atoms with E-state index in [2.05, 4.69) is 4.99 Å².